The zero-order valence-corrected chi connectivity index (χ0v) is 9.16. The summed E-state index contributed by atoms with van der Waals surface area (Å²) in [5.74, 6) is 0.803. The van der Waals surface area contributed by atoms with E-state index in [1.165, 1.54) is 0 Å². The molecule has 0 heterocycles. The van der Waals surface area contributed by atoms with Gasteiger partial charge in [-0.05, 0) is 31.2 Å². The van der Waals surface area contributed by atoms with Crippen molar-refractivity contribution in [3.8, 4) is 0 Å². The Bertz CT molecular complexity index is 192. The summed E-state index contributed by atoms with van der Waals surface area (Å²) in [6, 6.07) is 0. The lowest BCUT2D eigenvalue weighted by atomic mass is 9.96. The summed E-state index contributed by atoms with van der Waals surface area (Å²) in [7, 11) is 0. The molecule has 1 aliphatic rings. The third-order valence-electron chi connectivity index (χ3n) is 2.82. The van der Waals surface area contributed by atoms with E-state index >= 15 is 0 Å². The monoisotopic (exact) mass is 199 g/mol. The molecular weight excluding hydrogens is 178 g/mol. The Labute approximate surface area is 86.0 Å². The highest BCUT2D eigenvalue weighted by atomic mass is 16.5. The van der Waals surface area contributed by atoms with Crippen LogP contribution in [0.2, 0.25) is 0 Å². The van der Waals surface area contributed by atoms with Gasteiger partial charge in [-0.1, -0.05) is 20.3 Å². The fourth-order valence-corrected chi connectivity index (χ4v) is 1.99. The lowest BCUT2D eigenvalue weighted by Gasteiger charge is -2.17. The molecule has 3 heteroatoms. The van der Waals surface area contributed by atoms with Crippen molar-refractivity contribution in [3.63, 3.8) is 0 Å². The number of carbonyl (C=O) groups is 1. The summed E-state index contributed by atoms with van der Waals surface area (Å²) < 4.78 is 5.22. The van der Waals surface area contributed by atoms with Crippen molar-refractivity contribution >= 4 is 5.97 Å². The summed E-state index contributed by atoms with van der Waals surface area (Å²) in [4.78, 5) is 11.6. The van der Waals surface area contributed by atoms with E-state index in [4.69, 9.17) is 10.5 Å². The SMILES string of the molecule is CC(C)COC(=O)C1CCCC1CN. The molecule has 3 nitrogen and oxygen atoms in total. The Hall–Kier alpha value is -0.570. The normalized spacial score (nSPS) is 26.9. The van der Waals surface area contributed by atoms with Crippen LogP contribution in [0, 0.1) is 17.8 Å². The van der Waals surface area contributed by atoms with Gasteiger partial charge in [-0.25, -0.2) is 0 Å². The van der Waals surface area contributed by atoms with Gasteiger partial charge in [0.25, 0.3) is 0 Å². The van der Waals surface area contributed by atoms with Crippen LogP contribution in [0.25, 0.3) is 0 Å². The van der Waals surface area contributed by atoms with Crippen LogP contribution in [-0.2, 0) is 9.53 Å². The Kier molecular flexibility index (Phi) is 4.39. The van der Waals surface area contributed by atoms with E-state index in [-0.39, 0.29) is 11.9 Å². The summed E-state index contributed by atoms with van der Waals surface area (Å²) in [6.45, 7) is 5.23. The topological polar surface area (TPSA) is 52.3 Å². The molecule has 0 aromatic rings. The highest BCUT2D eigenvalue weighted by Gasteiger charge is 2.33. The van der Waals surface area contributed by atoms with Crippen molar-refractivity contribution in [2.45, 2.75) is 33.1 Å². The summed E-state index contributed by atoms with van der Waals surface area (Å²) in [6.07, 6.45) is 3.15. The van der Waals surface area contributed by atoms with Crippen molar-refractivity contribution in [1.82, 2.24) is 0 Å². The van der Waals surface area contributed by atoms with Gasteiger partial charge in [0.15, 0.2) is 0 Å². The van der Waals surface area contributed by atoms with Crippen LogP contribution in [-0.4, -0.2) is 19.1 Å². The van der Waals surface area contributed by atoms with Crippen LogP contribution < -0.4 is 5.73 Å². The lowest BCUT2D eigenvalue weighted by molar-refractivity contribution is -0.150. The molecular formula is C11H21NO2. The number of hydrogen-bond acceptors (Lipinski definition) is 3. The number of hydrogen-bond donors (Lipinski definition) is 1. The summed E-state index contributed by atoms with van der Waals surface area (Å²) in [5.41, 5.74) is 5.61. The maximum absolute atomic E-state index is 11.6. The van der Waals surface area contributed by atoms with E-state index in [2.05, 4.69) is 0 Å². The molecule has 2 N–H and O–H groups in total. The van der Waals surface area contributed by atoms with Crippen molar-refractivity contribution < 1.29 is 9.53 Å². The highest BCUT2D eigenvalue weighted by molar-refractivity contribution is 5.73. The molecule has 0 bridgehead atoms. The molecule has 1 aliphatic carbocycles. The molecule has 0 spiro atoms. The zero-order valence-electron chi connectivity index (χ0n) is 9.16. The van der Waals surface area contributed by atoms with E-state index < -0.39 is 0 Å². The number of carbonyl (C=O) groups excluding carboxylic acids is 1. The van der Waals surface area contributed by atoms with E-state index in [0.29, 0.717) is 25.0 Å². The molecule has 14 heavy (non-hydrogen) atoms. The van der Waals surface area contributed by atoms with Crippen LogP contribution >= 0.6 is 0 Å². The van der Waals surface area contributed by atoms with E-state index in [1.807, 2.05) is 13.8 Å². The average Bonchev–Trinajstić information content (AvgIpc) is 2.61. The number of esters is 1. The van der Waals surface area contributed by atoms with E-state index in [9.17, 15) is 4.79 Å². The van der Waals surface area contributed by atoms with Crippen LogP contribution in [0.3, 0.4) is 0 Å². The second-order valence-corrected chi connectivity index (χ2v) is 4.56. The molecule has 1 rings (SSSR count). The van der Waals surface area contributed by atoms with Crippen LogP contribution in [0.5, 0.6) is 0 Å². The largest absolute Gasteiger partial charge is 0.465 e. The smallest absolute Gasteiger partial charge is 0.309 e. The van der Waals surface area contributed by atoms with E-state index in [1.54, 1.807) is 0 Å². The number of ether oxygens (including phenoxy) is 1. The molecule has 0 radical (unpaired) electrons. The van der Waals surface area contributed by atoms with E-state index in [0.717, 1.165) is 19.3 Å². The van der Waals surface area contributed by atoms with Gasteiger partial charge in [-0.2, -0.15) is 0 Å². The van der Waals surface area contributed by atoms with Crippen molar-refractivity contribution in [3.05, 3.63) is 0 Å². The zero-order chi connectivity index (χ0) is 10.6. The molecule has 0 aromatic heterocycles. The van der Waals surface area contributed by atoms with Gasteiger partial charge in [0.2, 0.25) is 0 Å². The van der Waals surface area contributed by atoms with Crippen molar-refractivity contribution in [2.24, 2.45) is 23.5 Å². The third-order valence-corrected chi connectivity index (χ3v) is 2.82. The standard InChI is InChI=1S/C11H21NO2/c1-8(2)7-14-11(13)10-5-3-4-9(10)6-12/h8-10H,3-7,12H2,1-2H3. The molecule has 1 saturated carbocycles. The molecule has 0 aliphatic heterocycles. The Morgan fingerprint density at radius 1 is 1.50 bits per heavy atom. The first kappa shape index (κ1) is 11.5. The highest BCUT2D eigenvalue weighted by Crippen LogP contribution is 2.31. The second-order valence-electron chi connectivity index (χ2n) is 4.56. The first-order valence-electron chi connectivity index (χ1n) is 5.51. The van der Waals surface area contributed by atoms with Crippen LogP contribution in [0.4, 0.5) is 0 Å². The van der Waals surface area contributed by atoms with Gasteiger partial charge in [0.05, 0.1) is 12.5 Å². The Morgan fingerprint density at radius 3 is 2.79 bits per heavy atom. The fraction of sp³-hybridized carbons (Fsp3) is 0.909. The predicted molar refractivity (Wildman–Crippen MR) is 55.7 cm³/mol. The Morgan fingerprint density at radius 2 is 2.21 bits per heavy atom. The molecule has 1 fully saturated rings. The maximum Gasteiger partial charge on any atom is 0.309 e. The second kappa shape index (κ2) is 5.35. The molecule has 0 aromatic carbocycles. The number of rotatable bonds is 4. The summed E-state index contributed by atoms with van der Waals surface area (Å²) in [5, 5.41) is 0. The average molecular weight is 199 g/mol. The number of nitrogens with two attached hydrogens (primary N) is 1. The van der Waals surface area contributed by atoms with Gasteiger partial charge in [0, 0.05) is 0 Å². The molecule has 0 amide bonds. The first-order valence-corrected chi connectivity index (χ1v) is 5.51. The molecule has 0 saturated heterocycles. The van der Waals surface area contributed by atoms with Gasteiger partial charge >= 0.3 is 5.97 Å². The van der Waals surface area contributed by atoms with Gasteiger partial charge in [-0.3, -0.25) is 4.79 Å². The van der Waals surface area contributed by atoms with Crippen LogP contribution in [0.1, 0.15) is 33.1 Å². The predicted octanol–water partition coefficient (Wildman–Crippen LogP) is 1.56. The fourth-order valence-electron chi connectivity index (χ4n) is 1.99. The Balaban J connectivity index is 2.35. The maximum atomic E-state index is 11.6. The minimum Gasteiger partial charge on any atom is -0.465 e. The minimum absolute atomic E-state index is 0.0355. The quantitative estimate of drug-likeness (QED) is 0.699. The summed E-state index contributed by atoms with van der Waals surface area (Å²) >= 11 is 0. The third kappa shape index (κ3) is 2.98. The van der Waals surface area contributed by atoms with Crippen molar-refractivity contribution in [2.75, 3.05) is 13.2 Å². The van der Waals surface area contributed by atoms with Gasteiger partial charge < -0.3 is 10.5 Å². The molecule has 2 atom stereocenters. The minimum atomic E-state index is -0.0355. The van der Waals surface area contributed by atoms with Crippen LogP contribution in [0.15, 0.2) is 0 Å². The lowest BCUT2D eigenvalue weighted by Crippen LogP contribution is -2.27. The van der Waals surface area contributed by atoms with Crippen molar-refractivity contribution in [1.29, 1.82) is 0 Å². The first-order chi connectivity index (χ1) is 6.65. The van der Waals surface area contributed by atoms with Gasteiger partial charge in [-0.15, -0.1) is 0 Å². The molecule has 82 valence electrons. The van der Waals surface area contributed by atoms with Gasteiger partial charge in [0.1, 0.15) is 0 Å². The molecule has 2 unspecified atom stereocenters.